The van der Waals surface area contributed by atoms with E-state index in [0.717, 1.165) is 40.1 Å². The third-order valence-corrected chi connectivity index (χ3v) is 5.72. The van der Waals surface area contributed by atoms with Gasteiger partial charge in [-0.2, -0.15) is 0 Å². The second kappa shape index (κ2) is 7.89. The maximum Gasteiger partial charge on any atom is 0.225 e. The molecule has 2 aromatic heterocycles. The maximum atomic E-state index is 12.1. The van der Waals surface area contributed by atoms with E-state index in [1.54, 1.807) is 6.20 Å². The topological polar surface area (TPSA) is 84.2 Å². The fourth-order valence-corrected chi connectivity index (χ4v) is 3.43. The number of aromatic nitrogens is 3. The third kappa shape index (κ3) is 3.92. The molecule has 30 heavy (non-hydrogen) atoms. The van der Waals surface area contributed by atoms with Crippen LogP contribution in [0.1, 0.15) is 30.2 Å². The van der Waals surface area contributed by atoms with E-state index in [-0.39, 0.29) is 11.8 Å². The molecule has 0 unspecified atom stereocenters. The molecule has 1 aromatic carbocycles. The number of nitrogens with zero attached hydrogens (tertiary/aromatic N) is 4. The van der Waals surface area contributed by atoms with Crippen LogP contribution >= 0.6 is 0 Å². The van der Waals surface area contributed by atoms with Crippen LogP contribution in [0.3, 0.4) is 0 Å². The highest BCUT2D eigenvalue weighted by atomic mass is 16.5. The van der Waals surface area contributed by atoms with Crippen LogP contribution in [0.2, 0.25) is 0 Å². The van der Waals surface area contributed by atoms with Crippen molar-refractivity contribution in [1.82, 2.24) is 20.4 Å². The fourth-order valence-electron chi connectivity index (χ4n) is 3.43. The molecule has 1 aliphatic rings. The number of hydrogen-bond donors (Lipinski definition) is 1. The molecular formula is C23H27N5O2. The summed E-state index contributed by atoms with van der Waals surface area (Å²) in [6, 6.07) is 8.08. The molecule has 7 nitrogen and oxygen atoms in total. The van der Waals surface area contributed by atoms with Crippen LogP contribution in [0.5, 0.6) is 0 Å². The van der Waals surface area contributed by atoms with E-state index >= 15 is 0 Å². The normalized spacial score (nSPS) is 17.6. The molecule has 4 rings (SSSR count). The van der Waals surface area contributed by atoms with Crippen LogP contribution in [0, 0.1) is 25.7 Å². The Labute approximate surface area is 176 Å². The Balaban J connectivity index is 1.62. The summed E-state index contributed by atoms with van der Waals surface area (Å²) in [4.78, 5) is 23.2. The number of carbonyl (C=O) groups is 1. The van der Waals surface area contributed by atoms with E-state index in [4.69, 9.17) is 9.51 Å². The number of nitrogens with one attached hydrogen (secondary N) is 1. The first-order chi connectivity index (χ1) is 14.3. The third-order valence-electron chi connectivity index (χ3n) is 5.72. The number of aryl methyl sites for hydroxylation is 1. The van der Waals surface area contributed by atoms with E-state index in [2.05, 4.69) is 22.4 Å². The number of benzene rings is 1. The zero-order valence-electron chi connectivity index (χ0n) is 18.1. The van der Waals surface area contributed by atoms with E-state index < -0.39 is 0 Å². The van der Waals surface area contributed by atoms with E-state index in [0.29, 0.717) is 24.2 Å². The summed E-state index contributed by atoms with van der Waals surface area (Å²) in [6.07, 6.45) is 2.78. The average Bonchev–Trinajstić information content (AvgIpc) is 3.39. The number of anilines is 1. The highest BCUT2D eigenvalue weighted by Crippen LogP contribution is 2.38. The minimum Gasteiger partial charge on any atom is -0.356 e. The van der Waals surface area contributed by atoms with Gasteiger partial charge in [-0.25, -0.2) is 9.97 Å². The number of amides is 1. The van der Waals surface area contributed by atoms with Crippen LogP contribution in [-0.2, 0) is 11.3 Å². The van der Waals surface area contributed by atoms with Crippen molar-refractivity contribution in [1.29, 1.82) is 0 Å². The van der Waals surface area contributed by atoms with Crippen molar-refractivity contribution in [3.8, 4) is 22.6 Å². The van der Waals surface area contributed by atoms with Crippen molar-refractivity contribution in [2.24, 2.45) is 11.8 Å². The van der Waals surface area contributed by atoms with Gasteiger partial charge in [-0.15, -0.1) is 0 Å². The molecule has 7 heteroatoms. The lowest BCUT2D eigenvalue weighted by Crippen LogP contribution is -2.24. The molecule has 3 aromatic rings. The van der Waals surface area contributed by atoms with Crippen LogP contribution in [0.4, 0.5) is 5.95 Å². The first-order valence-corrected chi connectivity index (χ1v) is 10.2. The molecular weight excluding hydrogens is 378 g/mol. The predicted molar refractivity (Wildman–Crippen MR) is 116 cm³/mol. The Morgan fingerprint density at radius 3 is 2.50 bits per heavy atom. The van der Waals surface area contributed by atoms with Crippen LogP contribution in [0.15, 0.2) is 35.0 Å². The Morgan fingerprint density at radius 1 is 1.23 bits per heavy atom. The van der Waals surface area contributed by atoms with E-state index in [1.165, 1.54) is 0 Å². The van der Waals surface area contributed by atoms with Gasteiger partial charge < -0.3 is 14.7 Å². The molecule has 1 fully saturated rings. The molecule has 2 heterocycles. The van der Waals surface area contributed by atoms with Gasteiger partial charge in [0.05, 0.1) is 17.0 Å². The molecule has 156 valence electrons. The molecule has 0 aliphatic heterocycles. The largest absolute Gasteiger partial charge is 0.356 e. The molecule has 1 saturated carbocycles. The Morgan fingerprint density at radius 2 is 1.93 bits per heavy atom. The summed E-state index contributed by atoms with van der Waals surface area (Å²) >= 11 is 0. The summed E-state index contributed by atoms with van der Waals surface area (Å²) < 4.78 is 5.58. The van der Waals surface area contributed by atoms with Crippen molar-refractivity contribution in [2.45, 2.75) is 33.7 Å². The van der Waals surface area contributed by atoms with Crippen LogP contribution in [0.25, 0.3) is 22.6 Å². The SMILES string of the molecule is Cc1noc(-c2cnc(N(C)C)nc2-c2ccc(CNC(=O)[C@H]3C[C@@H]3C)cc2)c1C. The molecule has 0 bridgehead atoms. The van der Waals surface area contributed by atoms with Gasteiger partial charge in [0.1, 0.15) is 0 Å². The lowest BCUT2D eigenvalue weighted by molar-refractivity contribution is -0.122. The first-order valence-electron chi connectivity index (χ1n) is 10.2. The van der Waals surface area contributed by atoms with Gasteiger partial charge >= 0.3 is 0 Å². The van der Waals surface area contributed by atoms with Crippen molar-refractivity contribution in [3.63, 3.8) is 0 Å². The lowest BCUT2D eigenvalue weighted by atomic mass is 10.0. The number of hydrogen-bond acceptors (Lipinski definition) is 6. The minimum atomic E-state index is 0.149. The van der Waals surface area contributed by atoms with Gasteiger partial charge in [-0.1, -0.05) is 36.3 Å². The smallest absolute Gasteiger partial charge is 0.225 e. The summed E-state index contributed by atoms with van der Waals surface area (Å²) in [5.74, 6) is 2.15. The van der Waals surface area contributed by atoms with Crippen molar-refractivity contribution >= 4 is 11.9 Å². The second-order valence-electron chi connectivity index (χ2n) is 8.28. The molecule has 2 atom stereocenters. The quantitative estimate of drug-likeness (QED) is 0.672. The molecule has 1 aliphatic carbocycles. The monoisotopic (exact) mass is 405 g/mol. The number of carbonyl (C=O) groups excluding carboxylic acids is 1. The van der Waals surface area contributed by atoms with Crippen LogP contribution in [-0.4, -0.2) is 35.1 Å². The maximum absolute atomic E-state index is 12.1. The predicted octanol–water partition coefficient (Wildman–Crippen LogP) is 3.75. The van der Waals surface area contributed by atoms with Gasteiger partial charge in [-0.3, -0.25) is 4.79 Å². The zero-order valence-corrected chi connectivity index (χ0v) is 18.1. The fraction of sp³-hybridized carbons (Fsp3) is 0.391. The van der Waals surface area contributed by atoms with Gasteiger partial charge in [0.2, 0.25) is 11.9 Å². The molecule has 1 amide bonds. The van der Waals surface area contributed by atoms with E-state index in [9.17, 15) is 4.79 Å². The van der Waals surface area contributed by atoms with Crippen LogP contribution < -0.4 is 10.2 Å². The van der Waals surface area contributed by atoms with Gasteiger partial charge in [0.25, 0.3) is 0 Å². The average molecular weight is 406 g/mol. The van der Waals surface area contributed by atoms with Crippen molar-refractivity contribution < 1.29 is 9.32 Å². The summed E-state index contributed by atoms with van der Waals surface area (Å²) in [5.41, 5.74) is 5.43. The molecule has 0 saturated heterocycles. The minimum absolute atomic E-state index is 0.149. The highest BCUT2D eigenvalue weighted by molar-refractivity contribution is 5.82. The van der Waals surface area contributed by atoms with Gasteiger partial charge in [0.15, 0.2) is 5.76 Å². The second-order valence-corrected chi connectivity index (χ2v) is 8.28. The van der Waals surface area contributed by atoms with Gasteiger partial charge in [-0.05, 0) is 31.7 Å². The Hall–Kier alpha value is -3.22. The lowest BCUT2D eigenvalue weighted by Gasteiger charge is -2.14. The molecule has 1 N–H and O–H groups in total. The summed E-state index contributed by atoms with van der Waals surface area (Å²) in [5, 5.41) is 7.11. The molecule has 0 radical (unpaired) electrons. The van der Waals surface area contributed by atoms with Crippen molar-refractivity contribution in [2.75, 3.05) is 19.0 Å². The Bertz CT molecular complexity index is 1070. The zero-order chi connectivity index (χ0) is 21.4. The van der Waals surface area contributed by atoms with Gasteiger partial charge in [0, 0.05) is 43.9 Å². The molecule has 0 spiro atoms. The Kier molecular flexibility index (Phi) is 5.28. The number of rotatable bonds is 6. The van der Waals surface area contributed by atoms with Crippen molar-refractivity contribution in [3.05, 3.63) is 47.3 Å². The van der Waals surface area contributed by atoms with E-state index in [1.807, 2.05) is 57.1 Å². The highest BCUT2D eigenvalue weighted by Gasteiger charge is 2.38. The summed E-state index contributed by atoms with van der Waals surface area (Å²) in [7, 11) is 3.82. The standard InChI is InChI=1S/C23H27N5O2/c1-13-10-18(13)22(29)24-11-16-6-8-17(9-7-16)20-19(12-25-23(26-20)28(4)5)21-14(2)15(3)27-30-21/h6-9,12-13,18H,10-11H2,1-5H3,(H,24,29)/t13-,18-/m0/s1. The summed E-state index contributed by atoms with van der Waals surface area (Å²) in [6.45, 7) is 6.54. The first kappa shape index (κ1) is 20.1.